The molecule has 0 radical (unpaired) electrons. The number of rotatable bonds is 6. The van der Waals surface area contributed by atoms with Crippen LogP contribution in [0.5, 0.6) is 11.5 Å². The van der Waals surface area contributed by atoms with Crippen LogP contribution in [0.4, 0.5) is 0 Å². The minimum absolute atomic E-state index is 0.148. The molecule has 3 rings (SSSR count). The Kier molecular flexibility index (Phi) is 6.45. The van der Waals surface area contributed by atoms with Crippen molar-refractivity contribution in [2.24, 2.45) is 0 Å². The van der Waals surface area contributed by atoms with Crippen LogP contribution in [0.3, 0.4) is 0 Å². The number of phenols is 1. The molecule has 2 heterocycles. The molecule has 9 heteroatoms. The lowest BCUT2D eigenvalue weighted by molar-refractivity contribution is -0.277. The fourth-order valence-electron chi connectivity index (χ4n) is 3.43. The minimum atomic E-state index is -1.63. The number of phenolic OH excluding ortho intramolecular Hbond substituents is 1. The lowest BCUT2D eigenvalue weighted by Crippen LogP contribution is -2.60. The fraction of sp³-hybridized carbons (Fsp3) is 0.550. The van der Waals surface area contributed by atoms with Gasteiger partial charge >= 0.3 is 5.63 Å². The summed E-state index contributed by atoms with van der Waals surface area (Å²) < 4.78 is 16.1. The standard InChI is InChI=1S/C20H26O9/c1-3-4-5-10-9(2)11-6-12(22)14(7-13(11)27-19(10)26)28-20-18(25)17(24)16(23)15(8-21)29-20/h6-7,15-18,20-25H,3-5,8H2,1-2H3/t15?,16-,17?,18?,20-/m1/s1. The lowest BCUT2D eigenvalue weighted by Gasteiger charge is -2.39. The topological polar surface area (TPSA) is 150 Å². The lowest BCUT2D eigenvalue weighted by atomic mass is 9.99. The van der Waals surface area contributed by atoms with Gasteiger partial charge in [0.1, 0.15) is 30.0 Å². The van der Waals surface area contributed by atoms with Crippen LogP contribution in [0.1, 0.15) is 30.9 Å². The zero-order chi connectivity index (χ0) is 21.3. The van der Waals surface area contributed by atoms with E-state index in [0.717, 1.165) is 12.8 Å². The highest BCUT2D eigenvalue weighted by atomic mass is 16.7. The number of unbranched alkanes of at least 4 members (excludes halogenated alkanes) is 1. The number of aliphatic hydroxyl groups is 4. The first kappa shape index (κ1) is 21.5. The van der Waals surface area contributed by atoms with Gasteiger partial charge in [0, 0.05) is 17.0 Å². The first-order chi connectivity index (χ1) is 13.8. The quantitative estimate of drug-likeness (QED) is 0.425. The fourth-order valence-corrected chi connectivity index (χ4v) is 3.43. The third-order valence-corrected chi connectivity index (χ3v) is 5.24. The van der Waals surface area contributed by atoms with Gasteiger partial charge in [-0.3, -0.25) is 0 Å². The summed E-state index contributed by atoms with van der Waals surface area (Å²) in [7, 11) is 0. The molecule has 3 unspecified atom stereocenters. The van der Waals surface area contributed by atoms with Gasteiger partial charge in [-0.25, -0.2) is 4.79 Å². The van der Waals surface area contributed by atoms with Gasteiger partial charge in [0.2, 0.25) is 6.29 Å². The Labute approximate surface area is 166 Å². The largest absolute Gasteiger partial charge is 0.504 e. The number of aromatic hydroxyl groups is 1. The van der Waals surface area contributed by atoms with E-state index in [2.05, 4.69) is 0 Å². The third kappa shape index (κ3) is 4.10. The predicted octanol–water partition coefficient (Wildman–Crippen LogP) is 0.328. The molecule has 1 aliphatic heterocycles. The van der Waals surface area contributed by atoms with Crippen molar-refractivity contribution < 1.29 is 39.4 Å². The molecule has 160 valence electrons. The number of ether oxygens (including phenoxy) is 2. The Bertz CT molecular complexity index is 920. The highest BCUT2D eigenvalue weighted by Gasteiger charge is 2.45. The molecule has 0 saturated carbocycles. The summed E-state index contributed by atoms with van der Waals surface area (Å²) in [6, 6.07) is 2.69. The highest BCUT2D eigenvalue weighted by molar-refractivity contribution is 5.84. The Morgan fingerprint density at radius 2 is 1.86 bits per heavy atom. The summed E-state index contributed by atoms with van der Waals surface area (Å²) in [6.45, 7) is 3.19. The Morgan fingerprint density at radius 1 is 1.14 bits per heavy atom. The monoisotopic (exact) mass is 410 g/mol. The molecule has 0 amide bonds. The van der Waals surface area contributed by atoms with Crippen molar-refractivity contribution in [3.63, 3.8) is 0 Å². The van der Waals surface area contributed by atoms with Crippen molar-refractivity contribution in [3.8, 4) is 11.5 Å². The van der Waals surface area contributed by atoms with Gasteiger partial charge < -0.3 is 39.4 Å². The van der Waals surface area contributed by atoms with Gasteiger partial charge in [-0.1, -0.05) is 13.3 Å². The van der Waals surface area contributed by atoms with Crippen LogP contribution in [0.25, 0.3) is 11.0 Å². The maximum Gasteiger partial charge on any atom is 0.339 e. The van der Waals surface area contributed by atoms with Gasteiger partial charge in [0.05, 0.1) is 6.61 Å². The van der Waals surface area contributed by atoms with E-state index in [9.17, 15) is 30.3 Å². The van der Waals surface area contributed by atoms with Gasteiger partial charge in [0.15, 0.2) is 11.5 Å². The molecule has 1 aromatic heterocycles. The predicted molar refractivity (Wildman–Crippen MR) is 102 cm³/mol. The summed E-state index contributed by atoms with van der Waals surface area (Å²) in [6.07, 6.45) is -5.06. The van der Waals surface area contributed by atoms with Gasteiger partial charge in [-0.15, -0.1) is 0 Å². The van der Waals surface area contributed by atoms with Crippen LogP contribution in [0.2, 0.25) is 0 Å². The molecule has 5 N–H and O–H groups in total. The molecule has 0 bridgehead atoms. The Morgan fingerprint density at radius 3 is 2.52 bits per heavy atom. The average Bonchev–Trinajstić information content (AvgIpc) is 2.69. The number of aliphatic hydroxyl groups excluding tert-OH is 4. The molecule has 0 aliphatic carbocycles. The molecule has 1 fully saturated rings. The second kappa shape index (κ2) is 8.68. The Hall–Kier alpha value is -2.17. The normalized spacial score (nSPS) is 27.3. The highest BCUT2D eigenvalue weighted by Crippen LogP contribution is 2.35. The van der Waals surface area contributed by atoms with E-state index in [4.69, 9.17) is 13.9 Å². The molecule has 5 atom stereocenters. The van der Waals surface area contributed by atoms with E-state index in [1.807, 2.05) is 6.92 Å². The second-order valence-electron chi connectivity index (χ2n) is 7.23. The maximum absolute atomic E-state index is 12.3. The molecule has 0 spiro atoms. The molecular formula is C20H26O9. The number of fused-ring (bicyclic) bond motifs is 1. The van der Waals surface area contributed by atoms with Crippen LogP contribution < -0.4 is 10.4 Å². The summed E-state index contributed by atoms with van der Waals surface area (Å²) in [5.41, 5.74) is 0.985. The van der Waals surface area contributed by atoms with Crippen LogP contribution in [0.15, 0.2) is 21.3 Å². The summed E-state index contributed by atoms with van der Waals surface area (Å²) in [5.74, 6) is -0.432. The maximum atomic E-state index is 12.3. The summed E-state index contributed by atoms with van der Waals surface area (Å²) in [5, 5.41) is 50.0. The van der Waals surface area contributed by atoms with E-state index in [-0.39, 0.29) is 17.1 Å². The van der Waals surface area contributed by atoms with E-state index in [0.29, 0.717) is 22.9 Å². The van der Waals surface area contributed by atoms with Crippen molar-refractivity contribution >= 4 is 11.0 Å². The molecular weight excluding hydrogens is 384 g/mol. The number of hydrogen-bond acceptors (Lipinski definition) is 9. The zero-order valence-corrected chi connectivity index (χ0v) is 16.2. The third-order valence-electron chi connectivity index (χ3n) is 5.24. The van der Waals surface area contributed by atoms with Crippen LogP contribution in [-0.2, 0) is 11.2 Å². The molecule has 1 saturated heterocycles. The van der Waals surface area contributed by atoms with Gasteiger partial charge in [-0.05, 0) is 31.4 Å². The SMILES string of the molecule is CCCCc1c(C)c2cc(O)c(O[C@@H]3OC(CO)[C@@H](O)C(O)C3O)cc2oc1=O. The molecule has 1 aromatic carbocycles. The van der Waals surface area contributed by atoms with E-state index in [1.54, 1.807) is 6.92 Å². The summed E-state index contributed by atoms with van der Waals surface area (Å²) in [4.78, 5) is 12.3. The smallest absolute Gasteiger partial charge is 0.339 e. The van der Waals surface area contributed by atoms with Gasteiger partial charge in [0.25, 0.3) is 0 Å². The average molecular weight is 410 g/mol. The van der Waals surface area contributed by atoms with E-state index < -0.39 is 42.9 Å². The zero-order valence-electron chi connectivity index (χ0n) is 16.2. The van der Waals surface area contributed by atoms with E-state index in [1.165, 1.54) is 12.1 Å². The van der Waals surface area contributed by atoms with Crippen LogP contribution >= 0.6 is 0 Å². The van der Waals surface area contributed by atoms with Gasteiger partial charge in [-0.2, -0.15) is 0 Å². The second-order valence-corrected chi connectivity index (χ2v) is 7.23. The van der Waals surface area contributed by atoms with Crippen LogP contribution in [-0.4, -0.2) is 62.8 Å². The summed E-state index contributed by atoms with van der Waals surface area (Å²) >= 11 is 0. The van der Waals surface area contributed by atoms with Crippen molar-refractivity contribution in [1.29, 1.82) is 0 Å². The number of benzene rings is 1. The molecule has 2 aromatic rings. The van der Waals surface area contributed by atoms with Crippen molar-refractivity contribution in [2.75, 3.05) is 6.61 Å². The van der Waals surface area contributed by atoms with Crippen molar-refractivity contribution in [1.82, 2.24) is 0 Å². The minimum Gasteiger partial charge on any atom is -0.504 e. The first-order valence-corrected chi connectivity index (χ1v) is 9.54. The first-order valence-electron chi connectivity index (χ1n) is 9.54. The molecule has 9 nitrogen and oxygen atoms in total. The van der Waals surface area contributed by atoms with Crippen LogP contribution in [0, 0.1) is 6.92 Å². The van der Waals surface area contributed by atoms with Crippen molar-refractivity contribution in [3.05, 3.63) is 33.7 Å². The molecule has 1 aliphatic rings. The number of aryl methyl sites for hydroxylation is 1. The van der Waals surface area contributed by atoms with E-state index >= 15 is 0 Å². The molecule has 29 heavy (non-hydrogen) atoms. The number of hydrogen-bond donors (Lipinski definition) is 5. The van der Waals surface area contributed by atoms with Crippen molar-refractivity contribution in [2.45, 2.75) is 63.8 Å². The Balaban J connectivity index is 1.94.